The van der Waals surface area contributed by atoms with Crippen LogP contribution in [0, 0.1) is 0 Å². The number of aliphatic hydroxyl groups excluding tert-OH is 1. The Balaban J connectivity index is 1.53. The lowest BCUT2D eigenvalue weighted by Gasteiger charge is -2.38. The third-order valence-electron chi connectivity index (χ3n) is 5.61. The van der Waals surface area contributed by atoms with Crippen LogP contribution in [0.15, 0.2) is 30.3 Å². The lowest BCUT2D eigenvalue weighted by Crippen LogP contribution is -2.57. The van der Waals surface area contributed by atoms with Crippen molar-refractivity contribution in [3.63, 3.8) is 0 Å². The fourth-order valence-electron chi connectivity index (χ4n) is 3.90. The molecule has 1 amide bonds. The van der Waals surface area contributed by atoms with Gasteiger partial charge in [0.05, 0.1) is 37.3 Å². The lowest BCUT2D eigenvalue weighted by molar-refractivity contribution is -0.143. The maximum atomic E-state index is 13.9. The summed E-state index contributed by atoms with van der Waals surface area (Å²) in [5.41, 5.74) is 0.924. The molecule has 2 aliphatic rings. The number of aliphatic hydroxyl groups is 1. The van der Waals surface area contributed by atoms with Gasteiger partial charge in [0.25, 0.3) is 6.43 Å². The van der Waals surface area contributed by atoms with Crippen molar-refractivity contribution in [3.8, 4) is 11.7 Å². The van der Waals surface area contributed by atoms with Crippen LogP contribution in [-0.2, 0) is 9.53 Å². The molecule has 2 aromatic heterocycles. The highest BCUT2D eigenvalue weighted by molar-refractivity contribution is 5.78. The van der Waals surface area contributed by atoms with E-state index >= 15 is 0 Å². The summed E-state index contributed by atoms with van der Waals surface area (Å²) in [6, 6.07) is 8.35. The minimum atomic E-state index is -2.81. The predicted octanol–water partition coefficient (Wildman–Crippen LogP) is 1.17. The average molecular weight is 460 g/mol. The fourth-order valence-corrected chi connectivity index (χ4v) is 3.90. The summed E-state index contributed by atoms with van der Waals surface area (Å²) >= 11 is 0. The van der Waals surface area contributed by atoms with Gasteiger partial charge >= 0.3 is 0 Å². The highest BCUT2D eigenvalue weighted by Crippen LogP contribution is 2.30. The van der Waals surface area contributed by atoms with Crippen LogP contribution in [0.1, 0.15) is 12.2 Å². The van der Waals surface area contributed by atoms with E-state index < -0.39 is 18.9 Å². The smallest absolute Gasteiger partial charge is 0.296 e. The molecule has 4 heterocycles. The first kappa shape index (κ1) is 21.5. The predicted molar refractivity (Wildman–Crippen MR) is 113 cm³/mol. The third kappa shape index (κ3) is 4.18. The number of ether oxygens (including phenoxy) is 2. The Morgan fingerprint density at radius 1 is 1.18 bits per heavy atom. The van der Waals surface area contributed by atoms with E-state index in [0.717, 1.165) is 0 Å². The van der Waals surface area contributed by atoms with Crippen LogP contribution in [0.4, 0.5) is 14.7 Å². The molecule has 2 aliphatic heterocycles. The standard InChI is InChI=1S/C21H22F2N6O4/c22-19(23)20-24-14-3-1-2-4-15(14)29(20)16-9-17(33-13-10-28(11-13)18(31)12-30)26-21(25-16)27-5-7-32-8-6-27/h1-4,9,13,19,30H,5-8,10-12H2. The van der Waals surface area contributed by atoms with Crippen molar-refractivity contribution >= 4 is 22.9 Å². The number of likely N-dealkylation sites (tertiary alicyclic amines) is 1. The van der Waals surface area contributed by atoms with Crippen molar-refractivity contribution in [1.82, 2.24) is 24.4 Å². The molecule has 2 fully saturated rings. The highest BCUT2D eigenvalue weighted by Gasteiger charge is 2.33. The van der Waals surface area contributed by atoms with Crippen LogP contribution in [0.5, 0.6) is 5.88 Å². The minimum Gasteiger partial charge on any atom is -0.470 e. The van der Waals surface area contributed by atoms with Crippen molar-refractivity contribution < 1.29 is 28.2 Å². The van der Waals surface area contributed by atoms with E-state index in [0.29, 0.717) is 56.4 Å². The summed E-state index contributed by atoms with van der Waals surface area (Å²) < 4.78 is 40.5. The quantitative estimate of drug-likeness (QED) is 0.585. The first-order valence-electron chi connectivity index (χ1n) is 10.6. The number of amides is 1. The molecule has 12 heteroatoms. The van der Waals surface area contributed by atoms with Crippen molar-refractivity contribution in [1.29, 1.82) is 0 Å². The second kappa shape index (κ2) is 8.87. The number of hydrogen-bond donors (Lipinski definition) is 1. The van der Waals surface area contributed by atoms with E-state index in [2.05, 4.69) is 15.0 Å². The molecule has 3 aromatic rings. The Kier molecular flexibility index (Phi) is 5.77. The molecule has 10 nitrogen and oxygen atoms in total. The maximum absolute atomic E-state index is 13.9. The number of aromatic nitrogens is 4. The number of alkyl halides is 2. The summed E-state index contributed by atoms with van der Waals surface area (Å²) in [6.07, 6.45) is -3.14. The van der Waals surface area contributed by atoms with E-state index in [1.165, 1.54) is 15.5 Å². The van der Waals surface area contributed by atoms with Crippen LogP contribution < -0.4 is 9.64 Å². The first-order chi connectivity index (χ1) is 16.0. The van der Waals surface area contributed by atoms with Gasteiger partial charge < -0.3 is 24.4 Å². The summed E-state index contributed by atoms with van der Waals surface area (Å²) in [5, 5.41) is 8.99. The van der Waals surface area contributed by atoms with Gasteiger partial charge in [-0.2, -0.15) is 9.97 Å². The SMILES string of the molecule is O=C(CO)N1CC(Oc2cc(-n3c(C(F)F)nc4ccccc43)nc(N3CCOCC3)n2)C1. The van der Waals surface area contributed by atoms with Crippen molar-refractivity contribution in [2.45, 2.75) is 12.5 Å². The number of hydrogen-bond acceptors (Lipinski definition) is 8. The number of morpholine rings is 1. The highest BCUT2D eigenvalue weighted by atomic mass is 19.3. The van der Waals surface area contributed by atoms with Gasteiger partial charge in [-0.1, -0.05) is 12.1 Å². The maximum Gasteiger partial charge on any atom is 0.296 e. The van der Waals surface area contributed by atoms with Gasteiger partial charge in [0, 0.05) is 19.2 Å². The van der Waals surface area contributed by atoms with E-state index in [9.17, 15) is 13.6 Å². The van der Waals surface area contributed by atoms with Gasteiger partial charge in [0.1, 0.15) is 18.5 Å². The zero-order chi connectivity index (χ0) is 22.9. The number of anilines is 1. The third-order valence-corrected chi connectivity index (χ3v) is 5.61. The average Bonchev–Trinajstić information content (AvgIpc) is 3.21. The van der Waals surface area contributed by atoms with Crippen molar-refractivity contribution in [3.05, 3.63) is 36.2 Å². The second-order valence-electron chi connectivity index (χ2n) is 7.76. The topological polar surface area (TPSA) is 106 Å². The summed E-state index contributed by atoms with van der Waals surface area (Å²) in [7, 11) is 0. The number of para-hydroxylation sites is 2. The molecule has 0 unspecified atom stereocenters. The van der Waals surface area contributed by atoms with E-state index in [1.807, 2.05) is 4.90 Å². The zero-order valence-electron chi connectivity index (χ0n) is 17.6. The molecule has 174 valence electrons. The molecular weight excluding hydrogens is 438 g/mol. The van der Waals surface area contributed by atoms with Crippen LogP contribution >= 0.6 is 0 Å². The second-order valence-corrected chi connectivity index (χ2v) is 7.76. The number of rotatable bonds is 6. The number of halogens is 2. The number of fused-ring (bicyclic) bond motifs is 1. The zero-order valence-corrected chi connectivity index (χ0v) is 17.6. The molecular formula is C21H22F2N6O4. The fraction of sp³-hybridized carbons (Fsp3) is 0.429. The van der Waals surface area contributed by atoms with Crippen molar-refractivity contribution in [2.24, 2.45) is 0 Å². The molecule has 2 saturated heterocycles. The van der Waals surface area contributed by atoms with Gasteiger partial charge in [-0.05, 0) is 12.1 Å². The number of carbonyl (C=O) groups is 1. The molecule has 5 rings (SSSR count). The lowest BCUT2D eigenvalue weighted by atomic mass is 10.1. The molecule has 0 spiro atoms. The van der Waals surface area contributed by atoms with E-state index in [1.54, 1.807) is 24.3 Å². The molecule has 33 heavy (non-hydrogen) atoms. The summed E-state index contributed by atoms with van der Waals surface area (Å²) in [4.78, 5) is 28.1. The van der Waals surface area contributed by atoms with Gasteiger partial charge in [-0.25, -0.2) is 13.8 Å². The number of carbonyl (C=O) groups excluding carboxylic acids is 1. The van der Waals surface area contributed by atoms with Gasteiger partial charge in [0.2, 0.25) is 17.7 Å². The molecule has 1 aromatic carbocycles. The summed E-state index contributed by atoms with van der Waals surface area (Å²) in [6.45, 7) is 2.16. The van der Waals surface area contributed by atoms with Gasteiger partial charge in [-0.15, -0.1) is 0 Å². The Labute approximate surface area is 187 Å². The van der Waals surface area contributed by atoms with Gasteiger partial charge in [-0.3, -0.25) is 9.36 Å². The Hall–Kier alpha value is -3.38. The normalized spacial score (nSPS) is 17.0. The van der Waals surface area contributed by atoms with E-state index in [4.69, 9.17) is 14.6 Å². The Morgan fingerprint density at radius 2 is 1.94 bits per heavy atom. The first-order valence-corrected chi connectivity index (χ1v) is 10.6. The number of imidazole rings is 1. The molecule has 0 bridgehead atoms. The monoisotopic (exact) mass is 460 g/mol. The minimum absolute atomic E-state index is 0.209. The van der Waals surface area contributed by atoms with Gasteiger partial charge in [0.15, 0.2) is 5.82 Å². The Morgan fingerprint density at radius 3 is 2.67 bits per heavy atom. The van der Waals surface area contributed by atoms with Crippen LogP contribution in [0.25, 0.3) is 16.9 Å². The molecule has 0 radical (unpaired) electrons. The molecule has 0 atom stereocenters. The van der Waals surface area contributed by atoms with Crippen LogP contribution in [0.2, 0.25) is 0 Å². The number of nitrogens with zero attached hydrogens (tertiary/aromatic N) is 6. The van der Waals surface area contributed by atoms with Crippen LogP contribution in [0.3, 0.4) is 0 Å². The Bertz CT molecular complexity index is 1160. The summed E-state index contributed by atoms with van der Waals surface area (Å²) in [5.74, 6) is -0.0315. The molecule has 0 aliphatic carbocycles. The molecule has 0 saturated carbocycles. The van der Waals surface area contributed by atoms with Crippen molar-refractivity contribution in [2.75, 3.05) is 50.9 Å². The number of benzene rings is 1. The van der Waals surface area contributed by atoms with Crippen LogP contribution in [-0.4, -0.2) is 87.5 Å². The molecule has 1 N–H and O–H groups in total. The van der Waals surface area contributed by atoms with E-state index in [-0.39, 0.29) is 23.7 Å². The largest absolute Gasteiger partial charge is 0.470 e.